The van der Waals surface area contributed by atoms with E-state index in [4.69, 9.17) is 16.7 Å². The van der Waals surface area contributed by atoms with E-state index in [2.05, 4.69) is 35.2 Å². The van der Waals surface area contributed by atoms with Gasteiger partial charge in [-0.3, -0.25) is 14.9 Å². The number of benzene rings is 3. The van der Waals surface area contributed by atoms with Gasteiger partial charge in [-0.2, -0.15) is 5.10 Å². The number of anilines is 2. The molecule has 40 heavy (non-hydrogen) atoms. The Morgan fingerprint density at radius 1 is 1.00 bits per heavy atom. The highest BCUT2D eigenvalue weighted by Gasteiger charge is 2.44. The van der Waals surface area contributed by atoms with Gasteiger partial charge < -0.3 is 9.80 Å². The number of hydrogen-bond acceptors (Lipinski definition) is 6. The summed E-state index contributed by atoms with van der Waals surface area (Å²) in [5.41, 5.74) is 6.07. The van der Waals surface area contributed by atoms with Crippen LogP contribution in [0.2, 0.25) is 5.02 Å². The van der Waals surface area contributed by atoms with Crippen molar-refractivity contribution in [3.05, 3.63) is 104 Å². The maximum absolute atomic E-state index is 14.0. The SMILES string of the molecule is CN(C)c1ccc(/C=C2\CCC[C@@H]3C2=NN(C(=O)c2cc([N+](=O)[O-])ccc2Cl)[C@H]3c2ccc(N(C)C)cc2)cc1. The van der Waals surface area contributed by atoms with Gasteiger partial charge in [-0.15, -0.1) is 0 Å². The Kier molecular flexibility index (Phi) is 7.63. The lowest BCUT2D eigenvalue weighted by Gasteiger charge is -2.30. The molecule has 0 bridgehead atoms. The fourth-order valence-corrected chi connectivity index (χ4v) is 5.65. The molecule has 1 amide bonds. The number of nitro groups is 1. The van der Waals surface area contributed by atoms with Crippen molar-refractivity contribution in [1.29, 1.82) is 0 Å². The Morgan fingerprint density at radius 3 is 2.23 bits per heavy atom. The first-order valence-electron chi connectivity index (χ1n) is 13.3. The van der Waals surface area contributed by atoms with Gasteiger partial charge in [0.2, 0.25) is 0 Å². The summed E-state index contributed by atoms with van der Waals surface area (Å²) in [6.45, 7) is 0. The average molecular weight is 558 g/mol. The normalized spacial score (nSPS) is 19.3. The number of non-ortho nitro benzene ring substituents is 1. The van der Waals surface area contributed by atoms with Gasteiger partial charge in [-0.1, -0.05) is 35.9 Å². The number of nitro benzene ring substituents is 1. The molecule has 1 saturated carbocycles. The van der Waals surface area contributed by atoms with Crippen molar-refractivity contribution >= 4 is 46.4 Å². The lowest BCUT2D eigenvalue weighted by atomic mass is 9.77. The first-order chi connectivity index (χ1) is 19.1. The van der Waals surface area contributed by atoms with Gasteiger partial charge in [0.05, 0.1) is 27.3 Å². The first-order valence-corrected chi connectivity index (χ1v) is 13.6. The van der Waals surface area contributed by atoms with Crippen molar-refractivity contribution in [1.82, 2.24) is 5.01 Å². The van der Waals surface area contributed by atoms with E-state index in [9.17, 15) is 14.9 Å². The van der Waals surface area contributed by atoms with Crippen LogP contribution in [0.5, 0.6) is 0 Å². The zero-order chi connectivity index (χ0) is 28.6. The summed E-state index contributed by atoms with van der Waals surface area (Å²) in [5.74, 6) is -0.459. The maximum Gasteiger partial charge on any atom is 0.276 e. The maximum atomic E-state index is 14.0. The van der Waals surface area contributed by atoms with Crippen LogP contribution in [0.1, 0.15) is 46.8 Å². The van der Waals surface area contributed by atoms with E-state index in [-0.39, 0.29) is 28.2 Å². The molecule has 1 aliphatic heterocycles. The van der Waals surface area contributed by atoms with Gasteiger partial charge in [-0.05, 0) is 72.4 Å². The van der Waals surface area contributed by atoms with Crippen LogP contribution >= 0.6 is 11.6 Å². The topological polar surface area (TPSA) is 82.3 Å². The van der Waals surface area contributed by atoms with Gasteiger partial charge in [0, 0.05) is 57.6 Å². The molecular weight excluding hydrogens is 526 g/mol. The van der Waals surface area contributed by atoms with Crippen LogP contribution < -0.4 is 9.80 Å². The van der Waals surface area contributed by atoms with Crippen molar-refractivity contribution in [3.63, 3.8) is 0 Å². The van der Waals surface area contributed by atoms with Gasteiger partial charge >= 0.3 is 0 Å². The molecule has 9 heteroatoms. The molecule has 206 valence electrons. The van der Waals surface area contributed by atoms with Gasteiger partial charge in [0.25, 0.3) is 11.6 Å². The summed E-state index contributed by atoms with van der Waals surface area (Å²) in [6.07, 6.45) is 4.86. The minimum absolute atomic E-state index is 0.00678. The van der Waals surface area contributed by atoms with Crippen molar-refractivity contribution in [2.45, 2.75) is 25.3 Å². The monoisotopic (exact) mass is 557 g/mol. The van der Waals surface area contributed by atoms with Gasteiger partial charge in [-0.25, -0.2) is 5.01 Å². The highest BCUT2D eigenvalue weighted by atomic mass is 35.5. The molecule has 5 rings (SSSR count). The molecule has 0 aromatic heterocycles. The predicted octanol–water partition coefficient (Wildman–Crippen LogP) is 6.82. The average Bonchev–Trinajstić information content (AvgIpc) is 3.34. The summed E-state index contributed by atoms with van der Waals surface area (Å²) in [6, 6.07) is 20.0. The molecule has 1 fully saturated rings. The lowest BCUT2D eigenvalue weighted by molar-refractivity contribution is -0.384. The van der Waals surface area contributed by atoms with Gasteiger partial charge in [0.1, 0.15) is 0 Å². The Labute approximate surface area is 239 Å². The van der Waals surface area contributed by atoms with E-state index in [1.165, 1.54) is 23.2 Å². The van der Waals surface area contributed by atoms with Crippen LogP contribution in [0.25, 0.3) is 6.08 Å². The zero-order valence-electron chi connectivity index (χ0n) is 23.0. The first kappa shape index (κ1) is 27.4. The van der Waals surface area contributed by atoms with E-state index in [0.717, 1.165) is 53.0 Å². The molecule has 0 spiro atoms. The fourth-order valence-electron chi connectivity index (χ4n) is 5.45. The molecule has 0 saturated heterocycles. The summed E-state index contributed by atoms with van der Waals surface area (Å²) in [4.78, 5) is 29.0. The number of nitrogens with zero attached hydrogens (tertiary/aromatic N) is 5. The molecule has 8 nitrogen and oxygen atoms in total. The quantitative estimate of drug-likeness (QED) is 0.245. The largest absolute Gasteiger partial charge is 0.378 e. The second-order valence-corrected chi connectivity index (χ2v) is 11.0. The predicted molar refractivity (Wildman–Crippen MR) is 161 cm³/mol. The molecule has 1 heterocycles. The van der Waals surface area contributed by atoms with Crippen molar-refractivity contribution in [2.75, 3.05) is 38.0 Å². The highest BCUT2D eigenvalue weighted by molar-refractivity contribution is 6.34. The Bertz CT molecular complexity index is 1500. The third-order valence-electron chi connectivity index (χ3n) is 7.60. The fraction of sp³-hybridized carbons (Fsp3) is 0.290. The number of hydrogen-bond donors (Lipinski definition) is 0. The van der Waals surface area contributed by atoms with Crippen molar-refractivity contribution < 1.29 is 9.72 Å². The third-order valence-corrected chi connectivity index (χ3v) is 7.93. The number of fused-ring (bicyclic) bond motifs is 1. The molecule has 0 N–H and O–H groups in total. The Morgan fingerprint density at radius 2 is 1.62 bits per heavy atom. The number of allylic oxidation sites excluding steroid dienone is 1. The van der Waals surface area contributed by atoms with E-state index in [1.807, 2.05) is 57.4 Å². The second kappa shape index (κ2) is 11.1. The Balaban J connectivity index is 1.58. The van der Waals surface area contributed by atoms with E-state index in [0.29, 0.717) is 0 Å². The van der Waals surface area contributed by atoms with Crippen LogP contribution in [0, 0.1) is 16.0 Å². The molecule has 3 aromatic carbocycles. The Hall–Kier alpha value is -4.17. The smallest absolute Gasteiger partial charge is 0.276 e. The van der Waals surface area contributed by atoms with Crippen LogP contribution in [0.3, 0.4) is 0 Å². The summed E-state index contributed by atoms with van der Waals surface area (Å²) < 4.78 is 0. The van der Waals surface area contributed by atoms with E-state index in [1.54, 1.807) is 0 Å². The number of hydrazone groups is 1. The van der Waals surface area contributed by atoms with Crippen molar-refractivity contribution in [2.24, 2.45) is 11.0 Å². The molecule has 0 radical (unpaired) electrons. The molecular formula is C31H32ClN5O3. The van der Waals surface area contributed by atoms with E-state index >= 15 is 0 Å². The molecule has 2 aliphatic rings. The summed E-state index contributed by atoms with van der Waals surface area (Å²) >= 11 is 6.41. The number of halogens is 1. The van der Waals surface area contributed by atoms with Crippen LogP contribution in [0.4, 0.5) is 17.1 Å². The standard InChI is InChI=1S/C31H32ClN5O3/c1-34(2)23-12-8-20(9-13-23)18-22-6-5-7-26-29(22)33-36(30(26)21-10-14-24(15-11-21)35(3)4)31(38)27-19-25(37(39)40)16-17-28(27)32/h8-19,26,30H,5-7H2,1-4H3/b22-18+/t26-,30+/m1/s1. The molecule has 3 aromatic rings. The molecule has 1 aliphatic carbocycles. The van der Waals surface area contributed by atoms with Crippen LogP contribution in [0.15, 0.2) is 77.4 Å². The highest BCUT2D eigenvalue weighted by Crippen LogP contribution is 2.45. The van der Waals surface area contributed by atoms with Crippen LogP contribution in [-0.2, 0) is 0 Å². The minimum Gasteiger partial charge on any atom is -0.378 e. The third kappa shape index (κ3) is 5.31. The summed E-state index contributed by atoms with van der Waals surface area (Å²) in [7, 11) is 7.98. The lowest BCUT2D eigenvalue weighted by Crippen LogP contribution is -2.32. The van der Waals surface area contributed by atoms with Crippen LogP contribution in [-0.4, -0.2) is 49.7 Å². The van der Waals surface area contributed by atoms with Gasteiger partial charge in [0.15, 0.2) is 0 Å². The number of carbonyl (C=O) groups is 1. The number of amides is 1. The second-order valence-electron chi connectivity index (χ2n) is 10.6. The molecule has 0 unspecified atom stereocenters. The van der Waals surface area contributed by atoms with Crippen molar-refractivity contribution in [3.8, 4) is 0 Å². The minimum atomic E-state index is -0.525. The molecule has 2 atom stereocenters. The number of rotatable bonds is 6. The van der Waals surface area contributed by atoms with E-state index < -0.39 is 10.8 Å². The zero-order valence-corrected chi connectivity index (χ0v) is 23.8. The number of carbonyl (C=O) groups excluding carboxylic acids is 1. The summed E-state index contributed by atoms with van der Waals surface area (Å²) in [5, 5.41) is 18.0.